The highest BCUT2D eigenvalue weighted by atomic mass is 16.6. The zero-order chi connectivity index (χ0) is 13.9. The molecule has 0 saturated carbocycles. The van der Waals surface area contributed by atoms with Crippen LogP contribution in [0.4, 0.5) is 4.79 Å². The highest BCUT2D eigenvalue weighted by Crippen LogP contribution is 2.14. The molecule has 1 amide bonds. The molecule has 0 aromatic carbocycles. The lowest BCUT2D eigenvalue weighted by Gasteiger charge is -2.40. The molecule has 1 aliphatic heterocycles. The molecule has 0 aliphatic carbocycles. The summed E-state index contributed by atoms with van der Waals surface area (Å²) in [5, 5.41) is 11.6. The first-order valence-corrected chi connectivity index (χ1v) is 5.96. The predicted octanol–water partition coefficient (Wildman–Crippen LogP) is 0.632. The number of rotatable bonds is 0. The number of nitrogens with two attached hydrogens (primary N) is 1. The summed E-state index contributed by atoms with van der Waals surface area (Å²) in [6.45, 7) is 8.93. The molecule has 0 bridgehead atoms. The highest BCUT2D eigenvalue weighted by molar-refractivity contribution is 5.78. The van der Waals surface area contributed by atoms with Gasteiger partial charge in [-0.05, 0) is 27.7 Å². The molecule has 1 fully saturated rings. The summed E-state index contributed by atoms with van der Waals surface area (Å²) >= 11 is 0. The summed E-state index contributed by atoms with van der Waals surface area (Å²) in [4.78, 5) is 15.3. The van der Waals surface area contributed by atoms with E-state index in [1.165, 1.54) is 0 Å². The number of amides is 1. The third-order valence-corrected chi connectivity index (χ3v) is 2.68. The van der Waals surface area contributed by atoms with E-state index in [1.54, 1.807) is 9.80 Å². The summed E-state index contributed by atoms with van der Waals surface area (Å²) in [6.07, 6.45) is -0.325. The fourth-order valence-corrected chi connectivity index (χ4v) is 1.85. The van der Waals surface area contributed by atoms with Crippen molar-refractivity contribution in [2.75, 3.05) is 19.6 Å². The Labute approximate surface area is 107 Å². The van der Waals surface area contributed by atoms with Gasteiger partial charge in [0.25, 0.3) is 0 Å². The Hall–Kier alpha value is -1.66. The molecule has 7 heteroatoms. The molecule has 1 saturated heterocycles. The number of oxime groups is 1. The molecule has 0 unspecified atom stereocenters. The first kappa shape index (κ1) is 14.4. The van der Waals surface area contributed by atoms with E-state index < -0.39 is 5.60 Å². The van der Waals surface area contributed by atoms with Crippen LogP contribution in [0.25, 0.3) is 0 Å². The number of nitrogens with zero attached hydrogens (tertiary/aromatic N) is 3. The van der Waals surface area contributed by atoms with E-state index in [-0.39, 0.29) is 18.1 Å². The van der Waals surface area contributed by atoms with Gasteiger partial charge >= 0.3 is 6.09 Å². The molecule has 0 aromatic rings. The number of ether oxygens (including phenoxy) is 1. The summed E-state index contributed by atoms with van der Waals surface area (Å²) in [6, 6.07) is -0.0119. The van der Waals surface area contributed by atoms with E-state index in [4.69, 9.17) is 15.7 Å². The lowest BCUT2D eigenvalue weighted by molar-refractivity contribution is 0.0130. The minimum Gasteiger partial charge on any atom is -0.444 e. The van der Waals surface area contributed by atoms with Crippen LogP contribution in [-0.4, -0.2) is 58.3 Å². The van der Waals surface area contributed by atoms with Gasteiger partial charge < -0.3 is 25.5 Å². The molecule has 0 aromatic heterocycles. The second-order valence-corrected chi connectivity index (χ2v) is 5.43. The number of carbonyl (C=O) groups is 1. The average molecular weight is 258 g/mol. The molecule has 7 nitrogen and oxygen atoms in total. The Morgan fingerprint density at radius 1 is 1.44 bits per heavy atom. The van der Waals surface area contributed by atoms with Crippen molar-refractivity contribution < 1.29 is 14.7 Å². The number of carbonyl (C=O) groups excluding carboxylic acids is 1. The van der Waals surface area contributed by atoms with Crippen molar-refractivity contribution >= 4 is 12.1 Å². The van der Waals surface area contributed by atoms with E-state index in [0.29, 0.717) is 19.6 Å². The van der Waals surface area contributed by atoms with Crippen LogP contribution in [0.2, 0.25) is 0 Å². The molecule has 0 spiro atoms. The van der Waals surface area contributed by atoms with Crippen LogP contribution in [-0.2, 0) is 4.74 Å². The third kappa shape index (κ3) is 3.68. The smallest absolute Gasteiger partial charge is 0.410 e. The Morgan fingerprint density at radius 3 is 2.50 bits per heavy atom. The van der Waals surface area contributed by atoms with Gasteiger partial charge in [0.15, 0.2) is 0 Å². The van der Waals surface area contributed by atoms with Crippen molar-refractivity contribution in [1.82, 2.24) is 9.80 Å². The van der Waals surface area contributed by atoms with E-state index in [9.17, 15) is 4.79 Å². The minimum absolute atomic E-state index is 0.0119. The van der Waals surface area contributed by atoms with Gasteiger partial charge in [0.1, 0.15) is 5.60 Å². The van der Waals surface area contributed by atoms with Crippen LogP contribution in [0, 0.1) is 0 Å². The molecule has 1 rings (SSSR count). The predicted molar refractivity (Wildman–Crippen MR) is 67.4 cm³/mol. The van der Waals surface area contributed by atoms with Gasteiger partial charge in [0.2, 0.25) is 5.96 Å². The van der Waals surface area contributed by atoms with Crippen molar-refractivity contribution in [3.63, 3.8) is 0 Å². The van der Waals surface area contributed by atoms with Crippen LogP contribution < -0.4 is 5.73 Å². The maximum atomic E-state index is 11.9. The number of guanidine groups is 1. The molecule has 1 heterocycles. The highest BCUT2D eigenvalue weighted by Gasteiger charge is 2.30. The van der Waals surface area contributed by atoms with Gasteiger partial charge in [0.05, 0.1) is 0 Å². The normalized spacial score (nSPS) is 22.0. The Bertz CT molecular complexity index is 338. The molecular formula is C11H22N4O3. The zero-order valence-electron chi connectivity index (χ0n) is 11.4. The van der Waals surface area contributed by atoms with Crippen LogP contribution >= 0.6 is 0 Å². The lowest BCUT2D eigenvalue weighted by atomic mass is 10.2. The third-order valence-electron chi connectivity index (χ3n) is 2.68. The van der Waals surface area contributed by atoms with Crippen LogP contribution in [0.5, 0.6) is 0 Å². The van der Waals surface area contributed by atoms with Gasteiger partial charge in [-0.1, -0.05) is 5.16 Å². The SMILES string of the molecule is C[C@H]1CN(C(=O)OC(C)(C)C)CCN1C(N)=NO. The fraction of sp³-hybridized carbons (Fsp3) is 0.818. The van der Waals surface area contributed by atoms with E-state index >= 15 is 0 Å². The molecule has 18 heavy (non-hydrogen) atoms. The molecular weight excluding hydrogens is 236 g/mol. The Balaban J connectivity index is 2.58. The zero-order valence-corrected chi connectivity index (χ0v) is 11.4. The van der Waals surface area contributed by atoms with Crippen LogP contribution in [0.1, 0.15) is 27.7 Å². The number of hydrogen-bond acceptors (Lipinski definition) is 4. The molecule has 104 valence electrons. The molecule has 3 N–H and O–H groups in total. The average Bonchev–Trinajstić information content (AvgIpc) is 2.25. The topological polar surface area (TPSA) is 91.4 Å². The van der Waals surface area contributed by atoms with Gasteiger partial charge in [-0.15, -0.1) is 0 Å². The minimum atomic E-state index is -0.497. The second kappa shape index (κ2) is 5.32. The maximum absolute atomic E-state index is 11.9. The largest absolute Gasteiger partial charge is 0.444 e. The quantitative estimate of drug-likeness (QED) is 0.288. The maximum Gasteiger partial charge on any atom is 0.410 e. The monoisotopic (exact) mass is 258 g/mol. The Kier molecular flexibility index (Phi) is 4.26. The lowest BCUT2D eigenvalue weighted by Crippen LogP contribution is -2.57. The van der Waals surface area contributed by atoms with Crippen LogP contribution in [0.15, 0.2) is 5.16 Å². The number of piperazine rings is 1. The molecule has 1 aliphatic rings. The number of hydrogen-bond donors (Lipinski definition) is 2. The van der Waals surface area contributed by atoms with Crippen molar-refractivity contribution in [3.8, 4) is 0 Å². The Morgan fingerprint density at radius 2 is 2.06 bits per heavy atom. The van der Waals surface area contributed by atoms with Gasteiger partial charge in [-0.3, -0.25) is 0 Å². The van der Waals surface area contributed by atoms with Crippen molar-refractivity contribution in [3.05, 3.63) is 0 Å². The van der Waals surface area contributed by atoms with Crippen molar-refractivity contribution in [1.29, 1.82) is 0 Å². The van der Waals surface area contributed by atoms with Crippen LogP contribution in [0.3, 0.4) is 0 Å². The molecule has 1 atom stereocenters. The summed E-state index contributed by atoms with van der Waals surface area (Å²) < 4.78 is 5.31. The molecule has 0 radical (unpaired) electrons. The van der Waals surface area contributed by atoms with Gasteiger partial charge in [-0.25, -0.2) is 4.79 Å². The van der Waals surface area contributed by atoms with E-state index in [0.717, 1.165) is 0 Å². The van der Waals surface area contributed by atoms with Gasteiger partial charge in [-0.2, -0.15) is 0 Å². The summed E-state index contributed by atoms with van der Waals surface area (Å²) in [7, 11) is 0. The van der Waals surface area contributed by atoms with E-state index in [1.807, 2.05) is 27.7 Å². The van der Waals surface area contributed by atoms with Crippen molar-refractivity contribution in [2.24, 2.45) is 10.9 Å². The first-order valence-electron chi connectivity index (χ1n) is 5.96. The first-order chi connectivity index (χ1) is 8.24. The van der Waals surface area contributed by atoms with E-state index in [2.05, 4.69) is 5.16 Å². The second-order valence-electron chi connectivity index (χ2n) is 5.43. The summed E-state index contributed by atoms with van der Waals surface area (Å²) in [5.41, 5.74) is 5.06. The van der Waals surface area contributed by atoms with Gasteiger partial charge in [0, 0.05) is 25.7 Å². The standard InChI is InChI=1S/C11H22N4O3/c1-8-7-14(10(16)18-11(2,3)4)5-6-15(8)9(12)13-17/h8,17H,5-7H2,1-4H3,(H2,12,13)/t8-/m0/s1. The summed E-state index contributed by atoms with van der Waals surface area (Å²) in [5.74, 6) is 0.0753. The van der Waals surface area contributed by atoms with Crippen molar-refractivity contribution in [2.45, 2.75) is 39.3 Å². The fourth-order valence-electron chi connectivity index (χ4n) is 1.85.